The third-order valence-electron chi connectivity index (χ3n) is 4.51. The molecule has 0 radical (unpaired) electrons. The summed E-state index contributed by atoms with van der Waals surface area (Å²) in [5.41, 5.74) is 0.196. The highest BCUT2D eigenvalue weighted by molar-refractivity contribution is 5.69. The van der Waals surface area contributed by atoms with E-state index in [9.17, 15) is 14.7 Å². The van der Waals surface area contributed by atoms with Crippen LogP contribution >= 0.6 is 0 Å². The number of nitrogens with zero attached hydrogens (tertiary/aromatic N) is 5. The van der Waals surface area contributed by atoms with Crippen LogP contribution in [0.5, 0.6) is 0 Å². The topological polar surface area (TPSA) is 106 Å². The van der Waals surface area contributed by atoms with Crippen molar-refractivity contribution in [2.24, 2.45) is 7.05 Å². The summed E-state index contributed by atoms with van der Waals surface area (Å²) in [4.78, 5) is 29.8. The third-order valence-corrected chi connectivity index (χ3v) is 4.51. The monoisotopic (exact) mass is 361 g/mol. The van der Waals surface area contributed by atoms with Gasteiger partial charge in [-0.1, -0.05) is 6.42 Å². The van der Waals surface area contributed by atoms with Crippen LogP contribution in [0.25, 0.3) is 11.2 Å². The summed E-state index contributed by atoms with van der Waals surface area (Å²) in [5, 5.41) is 17.9. The minimum Gasteiger partial charge on any atom is -0.393 e. The summed E-state index contributed by atoms with van der Waals surface area (Å²) >= 11 is 0. The Morgan fingerprint density at radius 1 is 1.15 bits per heavy atom. The van der Waals surface area contributed by atoms with Crippen molar-refractivity contribution in [2.75, 3.05) is 0 Å². The molecule has 142 valence electrons. The number of nitriles is 1. The molecule has 0 saturated heterocycles. The smallest absolute Gasteiger partial charge is 0.332 e. The Hall–Kier alpha value is -2.40. The van der Waals surface area contributed by atoms with Crippen molar-refractivity contribution < 1.29 is 5.11 Å². The highest BCUT2D eigenvalue weighted by Crippen LogP contribution is 2.08. The number of aliphatic hydroxyl groups excluding tert-OH is 1. The van der Waals surface area contributed by atoms with Gasteiger partial charge in [-0.15, -0.1) is 0 Å². The van der Waals surface area contributed by atoms with Gasteiger partial charge in [-0.2, -0.15) is 5.26 Å². The van der Waals surface area contributed by atoms with Crippen LogP contribution in [-0.2, 0) is 20.1 Å². The molecule has 8 heteroatoms. The summed E-state index contributed by atoms with van der Waals surface area (Å²) in [6.45, 7) is 2.54. The highest BCUT2D eigenvalue weighted by Gasteiger charge is 2.16. The van der Waals surface area contributed by atoms with Gasteiger partial charge in [0.1, 0.15) is 0 Å². The molecule has 8 nitrogen and oxygen atoms in total. The minimum atomic E-state index is -0.378. The second-order valence-corrected chi connectivity index (χ2v) is 6.73. The van der Waals surface area contributed by atoms with Crippen LogP contribution in [0.3, 0.4) is 0 Å². The zero-order valence-corrected chi connectivity index (χ0v) is 15.5. The predicted octanol–water partition coefficient (Wildman–Crippen LogP) is 1.53. The Labute approximate surface area is 152 Å². The Kier molecular flexibility index (Phi) is 7.16. The lowest BCUT2D eigenvalue weighted by molar-refractivity contribution is 0.180. The van der Waals surface area contributed by atoms with Crippen molar-refractivity contribution >= 4 is 11.2 Å². The molecule has 26 heavy (non-hydrogen) atoms. The van der Waals surface area contributed by atoms with Crippen LogP contribution in [0.4, 0.5) is 0 Å². The third kappa shape index (κ3) is 4.61. The van der Waals surface area contributed by atoms with Crippen LogP contribution in [-0.4, -0.2) is 29.9 Å². The number of rotatable bonds is 10. The van der Waals surface area contributed by atoms with E-state index in [0.29, 0.717) is 43.5 Å². The minimum absolute atomic E-state index is 0.317. The molecule has 0 unspecified atom stereocenters. The van der Waals surface area contributed by atoms with Crippen LogP contribution in [0.15, 0.2) is 15.9 Å². The van der Waals surface area contributed by atoms with E-state index in [1.165, 1.54) is 4.57 Å². The molecule has 0 aliphatic heterocycles. The molecule has 1 atom stereocenters. The molecule has 0 amide bonds. The van der Waals surface area contributed by atoms with Gasteiger partial charge in [0.25, 0.3) is 5.56 Å². The predicted molar refractivity (Wildman–Crippen MR) is 98.8 cm³/mol. The molecule has 0 saturated carbocycles. The molecule has 2 rings (SSSR count). The summed E-state index contributed by atoms with van der Waals surface area (Å²) in [6, 6.07) is 2.12. The van der Waals surface area contributed by atoms with E-state index < -0.39 is 0 Å². The number of fused-ring (bicyclic) bond motifs is 1. The molecular formula is C18H27N5O3. The van der Waals surface area contributed by atoms with Crippen LogP contribution in [0, 0.1) is 11.3 Å². The number of unbranched alkanes of at least 4 members (excludes halogenated alkanes) is 4. The fourth-order valence-corrected chi connectivity index (χ4v) is 3.07. The maximum absolute atomic E-state index is 12.8. The van der Waals surface area contributed by atoms with Gasteiger partial charge in [-0.3, -0.25) is 13.9 Å². The van der Waals surface area contributed by atoms with E-state index in [0.717, 1.165) is 25.7 Å². The molecule has 0 fully saturated rings. The molecule has 0 aliphatic rings. The molecule has 0 bridgehead atoms. The average molecular weight is 361 g/mol. The number of hydrogen-bond acceptors (Lipinski definition) is 5. The number of imidazole rings is 1. The SMILES string of the molecule is C[C@@H](O)CCCCn1c(=O)c2c(ncn2C)n(CCCCCC#N)c1=O. The second-order valence-electron chi connectivity index (χ2n) is 6.73. The van der Waals surface area contributed by atoms with E-state index in [-0.39, 0.29) is 17.4 Å². The number of aliphatic hydroxyl groups is 1. The molecule has 2 heterocycles. The van der Waals surface area contributed by atoms with Crippen LogP contribution in [0.1, 0.15) is 51.9 Å². The standard InChI is InChI=1S/C18H27N5O3/c1-14(24)9-5-8-12-23-17(25)15-16(20-13-21(15)2)22(18(23)26)11-7-4-3-6-10-19/h13-14,24H,3-9,11-12H2,1-2H3/t14-/m1/s1. The lowest BCUT2D eigenvalue weighted by Crippen LogP contribution is -2.40. The van der Waals surface area contributed by atoms with Gasteiger partial charge >= 0.3 is 5.69 Å². The quantitative estimate of drug-likeness (QED) is 0.646. The molecule has 2 aromatic rings. The van der Waals surface area contributed by atoms with E-state index in [2.05, 4.69) is 11.1 Å². The fourth-order valence-electron chi connectivity index (χ4n) is 3.07. The molecule has 0 spiro atoms. The van der Waals surface area contributed by atoms with Crippen LogP contribution < -0.4 is 11.2 Å². The van der Waals surface area contributed by atoms with Gasteiger partial charge in [-0.05, 0) is 39.0 Å². The first kappa shape index (κ1) is 19.9. The summed E-state index contributed by atoms with van der Waals surface area (Å²) in [7, 11) is 1.75. The lowest BCUT2D eigenvalue weighted by atomic mass is 10.2. The van der Waals surface area contributed by atoms with Gasteiger partial charge in [-0.25, -0.2) is 9.78 Å². The Morgan fingerprint density at radius 2 is 1.85 bits per heavy atom. The molecule has 1 N–H and O–H groups in total. The van der Waals surface area contributed by atoms with E-state index in [1.54, 1.807) is 29.4 Å². The van der Waals surface area contributed by atoms with Crippen molar-refractivity contribution in [3.8, 4) is 6.07 Å². The van der Waals surface area contributed by atoms with E-state index in [4.69, 9.17) is 5.26 Å². The maximum Gasteiger partial charge on any atom is 0.332 e. The second kappa shape index (κ2) is 9.34. The maximum atomic E-state index is 12.8. The number of hydrogen-bond donors (Lipinski definition) is 1. The van der Waals surface area contributed by atoms with Gasteiger partial charge < -0.3 is 9.67 Å². The molecule has 2 aromatic heterocycles. The first-order chi connectivity index (χ1) is 12.5. The summed E-state index contributed by atoms with van der Waals surface area (Å²) < 4.78 is 4.49. The first-order valence-electron chi connectivity index (χ1n) is 9.17. The Morgan fingerprint density at radius 3 is 2.54 bits per heavy atom. The van der Waals surface area contributed by atoms with E-state index in [1.807, 2.05) is 0 Å². The zero-order chi connectivity index (χ0) is 19.1. The molecule has 0 aromatic carbocycles. The van der Waals surface area contributed by atoms with Crippen molar-refractivity contribution in [2.45, 2.75) is 71.1 Å². The van der Waals surface area contributed by atoms with Gasteiger partial charge in [0.05, 0.1) is 18.5 Å². The molecule has 0 aliphatic carbocycles. The first-order valence-corrected chi connectivity index (χ1v) is 9.17. The average Bonchev–Trinajstić information content (AvgIpc) is 2.98. The van der Waals surface area contributed by atoms with Gasteiger partial charge in [0.15, 0.2) is 11.2 Å². The Balaban J connectivity index is 2.27. The number of aromatic nitrogens is 4. The van der Waals surface area contributed by atoms with E-state index >= 15 is 0 Å². The van der Waals surface area contributed by atoms with Crippen molar-refractivity contribution in [1.82, 2.24) is 18.7 Å². The lowest BCUT2D eigenvalue weighted by Gasteiger charge is -2.12. The van der Waals surface area contributed by atoms with Crippen molar-refractivity contribution in [1.29, 1.82) is 5.26 Å². The zero-order valence-electron chi connectivity index (χ0n) is 15.5. The van der Waals surface area contributed by atoms with Gasteiger partial charge in [0, 0.05) is 26.6 Å². The van der Waals surface area contributed by atoms with Crippen molar-refractivity contribution in [3.63, 3.8) is 0 Å². The number of aryl methyl sites for hydroxylation is 2. The normalized spacial score (nSPS) is 12.4. The van der Waals surface area contributed by atoms with Crippen LogP contribution in [0.2, 0.25) is 0 Å². The highest BCUT2D eigenvalue weighted by atomic mass is 16.3. The largest absolute Gasteiger partial charge is 0.393 e. The summed E-state index contributed by atoms with van der Waals surface area (Å²) in [5.74, 6) is 0. The van der Waals surface area contributed by atoms with Gasteiger partial charge in [0.2, 0.25) is 0 Å². The van der Waals surface area contributed by atoms with Crippen molar-refractivity contribution in [3.05, 3.63) is 27.2 Å². The summed E-state index contributed by atoms with van der Waals surface area (Å²) in [6.07, 6.45) is 6.15. The fraction of sp³-hybridized carbons (Fsp3) is 0.667. The molecular weight excluding hydrogens is 334 g/mol. The Bertz CT molecular complexity index is 885.